The molecule has 0 aliphatic carbocycles. The predicted octanol–water partition coefficient (Wildman–Crippen LogP) is 6.08. The zero-order chi connectivity index (χ0) is 38.4. The van der Waals surface area contributed by atoms with Crippen LogP contribution in [0.15, 0.2) is 47.2 Å². The summed E-state index contributed by atoms with van der Waals surface area (Å²) in [4.78, 5) is 47.4. The fourth-order valence-corrected chi connectivity index (χ4v) is 8.21. The van der Waals surface area contributed by atoms with Gasteiger partial charge in [-0.25, -0.2) is 14.1 Å². The van der Waals surface area contributed by atoms with Crippen LogP contribution in [0.3, 0.4) is 0 Å². The number of anilines is 2. The molecular formula is C40H54N6O7S. The minimum Gasteiger partial charge on any atom is -0.486 e. The van der Waals surface area contributed by atoms with Gasteiger partial charge in [-0.2, -0.15) is 0 Å². The Balaban J connectivity index is 1.16. The Labute approximate surface area is 322 Å². The first-order valence-corrected chi connectivity index (χ1v) is 19.8. The van der Waals surface area contributed by atoms with Gasteiger partial charge in [0.2, 0.25) is 5.91 Å². The van der Waals surface area contributed by atoms with Crippen molar-refractivity contribution < 1.29 is 33.4 Å². The summed E-state index contributed by atoms with van der Waals surface area (Å²) >= 11 is 1.23. The van der Waals surface area contributed by atoms with E-state index in [1.54, 1.807) is 6.92 Å². The van der Waals surface area contributed by atoms with Crippen molar-refractivity contribution in [2.24, 2.45) is 0 Å². The molecule has 0 spiro atoms. The van der Waals surface area contributed by atoms with Gasteiger partial charge >= 0.3 is 6.09 Å². The molecule has 3 aliphatic heterocycles. The molecule has 0 radical (unpaired) electrons. The van der Waals surface area contributed by atoms with Crippen LogP contribution < -0.4 is 20.3 Å². The lowest BCUT2D eigenvalue weighted by Crippen LogP contribution is -2.41. The van der Waals surface area contributed by atoms with Crippen LogP contribution in [0, 0.1) is 6.92 Å². The number of fused-ring (bicyclic) bond motifs is 1. The molecule has 6 rings (SSSR count). The molecule has 2 atom stereocenters. The Morgan fingerprint density at radius 1 is 1.04 bits per heavy atom. The minimum absolute atomic E-state index is 0.00801. The van der Waals surface area contributed by atoms with Crippen LogP contribution in [0.25, 0.3) is 0 Å². The van der Waals surface area contributed by atoms with Crippen LogP contribution in [0.5, 0.6) is 5.75 Å². The molecular weight excluding hydrogens is 709 g/mol. The zero-order valence-corrected chi connectivity index (χ0v) is 32.9. The molecule has 0 saturated carbocycles. The number of ether oxygens (including phenoxy) is 2. The largest absolute Gasteiger partial charge is 0.486 e. The Morgan fingerprint density at radius 2 is 1.80 bits per heavy atom. The van der Waals surface area contributed by atoms with Crippen molar-refractivity contribution >= 4 is 41.2 Å². The fraction of sp³-hybridized carbons (Fsp3) is 0.550. The van der Waals surface area contributed by atoms with E-state index in [1.165, 1.54) is 29.1 Å². The number of aliphatic hydroxyl groups is 1. The first-order chi connectivity index (χ1) is 25.8. The number of likely N-dealkylation sites (tertiary alicyclic amines) is 1. The lowest BCUT2D eigenvalue weighted by molar-refractivity contribution is -0.129. The number of carbonyl (C=O) groups excluding carboxylic acids is 3. The van der Waals surface area contributed by atoms with E-state index in [2.05, 4.69) is 26.6 Å². The number of piperidine rings is 2. The third-order valence-corrected chi connectivity index (χ3v) is 11.4. The second-order valence-electron chi connectivity index (χ2n) is 15.5. The molecule has 14 heteroatoms. The summed E-state index contributed by atoms with van der Waals surface area (Å²) in [6.07, 6.45) is 5.44. The van der Waals surface area contributed by atoms with Gasteiger partial charge in [-0.05, 0) is 120 Å². The highest BCUT2D eigenvalue weighted by molar-refractivity contribution is 7.98. The lowest BCUT2D eigenvalue weighted by atomic mass is 10.00. The number of aromatic nitrogens is 1. The number of nitrogens with one attached hydrogen (secondary N) is 2. The molecule has 3 N–H and O–H groups in total. The van der Waals surface area contributed by atoms with Crippen molar-refractivity contribution in [2.75, 3.05) is 42.9 Å². The first-order valence-electron chi connectivity index (χ1n) is 19.0. The highest BCUT2D eigenvalue weighted by Crippen LogP contribution is 2.35. The summed E-state index contributed by atoms with van der Waals surface area (Å²) < 4.78 is 18.7. The van der Waals surface area contributed by atoms with Crippen LogP contribution in [0.4, 0.5) is 16.2 Å². The van der Waals surface area contributed by atoms with Crippen LogP contribution in [0.2, 0.25) is 0 Å². The predicted molar refractivity (Wildman–Crippen MR) is 209 cm³/mol. The molecule has 3 aliphatic rings. The van der Waals surface area contributed by atoms with Crippen molar-refractivity contribution in [3.8, 4) is 5.75 Å². The van der Waals surface area contributed by atoms with E-state index in [1.807, 2.05) is 62.9 Å². The lowest BCUT2D eigenvalue weighted by Gasteiger charge is -2.33. The third-order valence-electron chi connectivity index (χ3n) is 10.1. The second kappa shape index (κ2) is 17.4. The third kappa shape index (κ3) is 10.4. The fourth-order valence-electron chi connectivity index (χ4n) is 7.05. The molecule has 0 bridgehead atoms. The van der Waals surface area contributed by atoms with Gasteiger partial charge in [-0.1, -0.05) is 6.07 Å². The number of nitrogens with zero attached hydrogens (tertiary/aromatic N) is 4. The smallest absolute Gasteiger partial charge is 0.420 e. The Morgan fingerprint density at radius 3 is 2.48 bits per heavy atom. The monoisotopic (exact) mass is 762 g/mol. The maximum Gasteiger partial charge on any atom is 0.420 e. The number of carbonyl (C=O) groups is 3. The summed E-state index contributed by atoms with van der Waals surface area (Å²) in [5.74, 6) is 1.07. The standard InChI is InChI=1S/C40H54N6O7S/c1-26-36(52-25-42-26)24-51-34-10-9-28-20-37(54-46(23-30(28)19-34)39(50)53-40(3,4)5)35(48)22-41-38(49)29-17-32(21-33(18-29)45-13-7-6-8-14-45)43-31-11-15-44(16-12-31)27(2)47/h9-10,17-19,21,25,31,35,37,43,48H,6-8,11-16,20,22-24H2,1-5H3,(H,41,49)/t35-,37+/m1/s1. The van der Waals surface area contributed by atoms with E-state index in [4.69, 9.17) is 13.9 Å². The van der Waals surface area contributed by atoms with E-state index in [0.717, 1.165) is 67.0 Å². The summed E-state index contributed by atoms with van der Waals surface area (Å²) in [6.45, 7) is 12.7. The summed E-state index contributed by atoms with van der Waals surface area (Å²) in [5, 5.41) is 17.8. The molecule has 13 nitrogen and oxygen atoms in total. The molecule has 54 heavy (non-hydrogen) atoms. The second-order valence-corrected chi connectivity index (χ2v) is 16.7. The maximum absolute atomic E-state index is 13.8. The normalized spacial score (nSPS) is 18.7. The number of benzene rings is 2. The topological polar surface area (TPSA) is 150 Å². The van der Waals surface area contributed by atoms with E-state index < -0.39 is 23.0 Å². The SMILES string of the molecule is CC(=O)N1CCC(Nc2cc(C(=O)NC[C@@H](O)[C@@H]3Cc4ccc(OCc5ocnc5C)cc4CN(C(=O)OC(C)(C)C)S3)cc(N3CCCCC3)c2)CC1. The zero-order valence-electron chi connectivity index (χ0n) is 32.1. The number of hydrogen-bond acceptors (Lipinski definition) is 11. The van der Waals surface area contributed by atoms with Crippen LogP contribution in [0.1, 0.15) is 92.7 Å². The Kier molecular flexibility index (Phi) is 12.6. The van der Waals surface area contributed by atoms with Gasteiger partial charge in [0.1, 0.15) is 18.0 Å². The summed E-state index contributed by atoms with van der Waals surface area (Å²) in [6, 6.07) is 11.8. The van der Waals surface area contributed by atoms with Gasteiger partial charge in [0.25, 0.3) is 5.91 Å². The minimum atomic E-state index is -0.977. The van der Waals surface area contributed by atoms with E-state index >= 15 is 0 Å². The highest BCUT2D eigenvalue weighted by Gasteiger charge is 2.33. The molecule has 3 aromatic rings. The summed E-state index contributed by atoms with van der Waals surface area (Å²) in [5.41, 5.74) is 4.26. The number of oxazole rings is 1. The maximum atomic E-state index is 13.8. The molecule has 292 valence electrons. The van der Waals surface area contributed by atoms with E-state index in [9.17, 15) is 19.5 Å². The van der Waals surface area contributed by atoms with Crippen molar-refractivity contribution in [1.29, 1.82) is 0 Å². The number of aliphatic hydroxyl groups excluding tert-OH is 1. The van der Waals surface area contributed by atoms with Crippen LogP contribution >= 0.6 is 11.9 Å². The molecule has 2 saturated heterocycles. The van der Waals surface area contributed by atoms with E-state index in [-0.39, 0.29) is 37.6 Å². The van der Waals surface area contributed by atoms with Crippen LogP contribution in [-0.2, 0) is 29.1 Å². The molecule has 1 aromatic heterocycles. The van der Waals surface area contributed by atoms with Gasteiger partial charge < -0.3 is 39.4 Å². The number of rotatable bonds is 10. The van der Waals surface area contributed by atoms with E-state index in [0.29, 0.717) is 36.6 Å². The van der Waals surface area contributed by atoms with Gasteiger partial charge in [0.15, 0.2) is 12.2 Å². The van der Waals surface area contributed by atoms with Gasteiger partial charge in [0.05, 0.1) is 23.6 Å². The Hall–Kier alpha value is -4.43. The molecule has 2 fully saturated rings. The number of aryl methyl sites for hydroxylation is 1. The molecule has 3 amide bonds. The number of hydrogen-bond donors (Lipinski definition) is 3. The first kappa shape index (κ1) is 39.3. The molecule has 0 unspecified atom stereocenters. The van der Waals surface area contributed by atoms with Crippen molar-refractivity contribution in [1.82, 2.24) is 19.5 Å². The van der Waals surface area contributed by atoms with Crippen molar-refractivity contribution in [2.45, 2.75) is 109 Å². The average molecular weight is 763 g/mol. The van der Waals surface area contributed by atoms with Crippen molar-refractivity contribution in [3.63, 3.8) is 0 Å². The highest BCUT2D eigenvalue weighted by atomic mass is 32.2. The average Bonchev–Trinajstić information content (AvgIpc) is 3.45. The van der Waals surface area contributed by atoms with Gasteiger partial charge in [0, 0.05) is 62.6 Å². The number of amides is 3. The quantitative estimate of drug-likeness (QED) is 0.207. The van der Waals surface area contributed by atoms with Crippen LogP contribution in [-0.4, -0.2) is 92.9 Å². The van der Waals surface area contributed by atoms with Gasteiger partial charge in [-0.3, -0.25) is 9.59 Å². The van der Waals surface area contributed by atoms with Gasteiger partial charge in [-0.15, -0.1) is 0 Å². The van der Waals surface area contributed by atoms with Crippen molar-refractivity contribution in [3.05, 3.63) is 70.9 Å². The Bertz CT molecular complexity index is 1780. The molecule has 4 heterocycles. The summed E-state index contributed by atoms with van der Waals surface area (Å²) in [7, 11) is 0. The molecule has 2 aromatic carbocycles.